The van der Waals surface area contributed by atoms with Crippen molar-refractivity contribution in [3.63, 3.8) is 0 Å². The number of halogens is 3. The van der Waals surface area contributed by atoms with E-state index >= 15 is 0 Å². The van der Waals surface area contributed by atoms with Crippen LogP contribution in [0.5, 0.6) is 5.75 Å². The first-order chi connectivity index (χ1) is 12.5. The Morgan fingerprint density at radius 2 is 1.62 bits per heavy atom. The van der Waals surface area contributed by atoms with Gasteiger partial charge in [-0.3, -0.25) is 0 Å². The highest BCUT2D eigenvalue weighted by atomic mass is 79.9. The molecule has 26 heavy (non-hydrogen) atoms. The van der Waals surface area contributed by atoms with Crippen molar-refractivity contribution in [3.8, 4) is 5.75 Å². The Morgan fingerprint density at radius 3 is 2.27 bits per heavy atom. The fraction of sp³-hybridized carbons (Fsp3) is 0.143. The molecule has 3 aromatic rings. The van der Waals surface area contributed by atoms with E-state index in [1.807, 2.05) is 18.2 Å². The average Bonchev–Trinajstić information content (AvgIpc) is 2.61. The summed E-state index contributed by atoms with van der Waals surface area (Å²) in [5, 5.41) is 3.42. The minimum atomic E-state index is -0.249. The summed E-state index contributed by atoms with van der Waals surface area (Å²) in [4.78, 5) is 0. The van der Waals surface area contributed by atoms with Gasteiger partial charge in [-0.05, 0) is 91.9 Å². The van der Waals surface area contributed by atoms with E-state index in [0.717, 1.165) is 31.5 Å². The van der Waals surface area contributed by atoms with E-state index < -0.39 is 0 Å². The molecule has 0 bridgehead atoms. The topological polar surface area (TPSA) is 21.3 Å². The van der Waals surface area contributed by atoms with Gasteiger partial charge in [-0.2, -0.15) is 0 Å². The Labute approximate surface area is 169 Å². The second-order valence-electron chi connectivity index (χ2n) is 6.03. The van der Waals surface area contributed by atoms with Crippen LogP contribution in [0.25, 0.3) is 0 Å². The highest BCUT2D eigenvalue weighted by molar-refractivity contribution is 9.11. The van der Waals surface area contributed by atoms with Crippen molar-refractivity contribution in [1.29, 1.82) is 0 Å². The molecule has 3 rings (SSSR count). The molecule has 3 aromatic carbocycles. The van der Waals surface area contributed by atoms with Crippen molar-refractivity contribution in [1.82, 2.24) is 0 Å². The molecule has 1 N–H and O–H groups in total. The van der Waals surface area contributed by atoms with Crippen molar-refractivity contribution in [2.24, 2.45) is 0 Å². The monoisotopic (exact) mass is 477 g/mol. The van der Waals surface area contributed by atoms with Gasteiger partial charge in [-0.15, -0.1) is 0 Å². The maximum Gasteiger partial charge on any atom is 0.148 e. The summed E-state index contributed by atoms with van der Waals surface area (Å²) in [6, 6.07) is 18.7. The van der Waals surface area contributed by atoms with E-state index in [1.54, 1.807) is 12.1 Å². The smallest absolute Gasteiger partial charge is 0.148 e. The molecule has 0 atom stereocenters. The predicted octanol–water partition coefficient (Wildman–Crippen LogP) is 6.85. The molecule has 0 spiro atoms. The standard InChI is InChI=1S/C21H18Br2FNO/c1-14-3-2-4-18(9-14)25-12-16-10-19(22)21(20(23)11-16)26-13-15-5-7-17(24)8-6-15/h2-11,25H,12-13H2,1H3. The maximum atomic E-state index is 13.0. The third-order valence-corrected chi connectivity index (χ3v) is 5.05. The summed E-state index contributed by atoms with van der Waals surface area (Å²) < 4.78 is 20.6. The van der Waals surface area contributed by atoms with Crippen molar-refractivity contribution >= 4 is 37.5 Å². The molecule has 134 valence electrons. The van der Waals surface area contributed by atoms with Gasteiger partial charge in [-0.25, -0.2) is 4.39 Å². The van der Waals surface area contributed by atoms with Gasteiger partial charge in [0.2, 0.25) is 0 Å². The highest BCUT2D eigenvalue weighted by Gasteiger charge is 2.10. The summed E-state index contributed by atoms with van der Waals surface area (Å²) in [6.45, 7) is 3.16. The molecule has 0 saturated carbocycles. The molecule has 0 aliphatic heterocycles. The van der Waals surface area contributed by atoms with E-state index in [-0.39, 0.29) is 5.82 Å². The summed E-state index contributed by atoms with van der Waals surface area (Å²) >= 11 is 7.16. The quantitative estimate of drug-likeness (QED) is 0.418. The molecule has 2 nitrogen and oxygen atoms in total. The molecule has 0 aliphatic rings. The van der Waals surface area contributed by atoms with Gasteiger partial charge in [0, 0.05) is 12.2 Å². The van der Waals surface area contributed by atoms with Gasteiger partial charge < -0.3 is 10.1 Å². The fourth-order valence-corrected chi connectivity index (χ4v) is 4.06. The number of aryl methyl sites for hydroxylation is 1. The fourth-order valence-electron chi connectivity index (χ4n) is 2.55. The van der Waals surface area contributed by atoms with Crippen LogP contribution in [-0.2, 0) is 13.2 Å². The predicted molar refractivity (Wildman–Crippen MR) is 111 cm³/mol. The van der Waals surface area contributed by atoms with E-state index in [4.69, 9.17) is 4.74 Å². The molecule has 5 heteroatoms. The van der Waals surface area contributed by atoms with Crippen LogP contribution in [0, 0.1) is 12.7 Å². The lowest BCUT2D eigenvalue weighted by Crippen LogP contribution is -2.01. The average molecular weight is 479 g/mol. The Morgan fingerprint density at radius 1 is 0.923 bits per heavy atom. The van der Waals surface area contributed by atoms with E-state index in [9.17, 15) is 4.39 Å². The first-order valence-corrected chi connectivity index (χ1v) is 9.75. The lowest BCUT2D eigenvalue weighted by molar-refractivity contribution is 0.302. The molecule has 0 saturated heterocycles. The van der Waals surface area contributed by atoms with Gasteiger partial charge in [0.25, 0.3) is 0 Å². The third-order valence-electron chi connectivity index (χ3n) is 3.87. The number of hydrogen-bond acceptors (Lipinski definition) is 2. The molecular formula is C21H18Br2FNO. The number of anilines is 1. The first-order valence-electron chi connectivity index (χ1n) is 8.17. The molecule has 0 aromatic heterocycles. The molecule has 0 fully saturated rings. The summed E-state index contributed by atoms with van der Waals surface area (Å²) in [5.41, 5.74) is 4.35. The zero-order chi connectivity index (χ0) is 18.5. The number of nitrogens with one attached hydrogen (secondary N) is 1. The third kappa shape index (κ3) is 5.08. The second-order valence-corrected chi connectivity index (χ2v) is 7.74. The number of benzene rings is 3. The van der Waals surface area contributed by atoms with Crippen LogP contribution in [0.4, 0.5) is 10.1 Å². The zero-order valence-corrected chi connectivity index (χ0v) is 17.4. The van der Waals surface area contributed by atoms with Crippen molar-refractivity contribution in [3.05, 3.63) is 92.1 Å². The molecule has 0 unspecified atom stereocenters. The minimum absolute atomic E-state index is 0.249. The Bertz CT molecular complexity index is 874. The van der Waals surface area contributed by atoms with Crippen molar-refractivity contribution in [2.75, 3.05) is 5.32 Å². The molecular weight excluding hydrogens is 461 g/mol. The number of ether oxygens (including phenoxy) is 1. The van der Waals surface area contributed by atoms with Gasteiger partial charge >= 0.3 is 0 Å². The Hall–Kier alpha value is -1.85. The Kier molecular flexibility index (Phi) is 6.33. The number of rotatable bonds is 6. The van der Waals surface area contributed by atoms with E-state index in [2.05, 4.69) is 62.3 Å². The van der Waals surface area contributed by atoms with Crippen LogP contribution in [0.3, 0.4) is 0 Å². The van der Waals surface area contributed by atoms with Crippen LogP contribution >= 0.6 is 31.9 Å². The summed E-state index contributed by atoms with van der Waals surface area (Å²) in [6.07, 6.45) is 0. The maximum absolute atomic E-state index is 13.0. The SMILES string of the molecule is Cc1cccc(NCc2cc(Br)c(OCc3ccc(F)cc3)c(Br)c2)c1. The minimum Gasteiger partial charge on any atom is -0.487 e. The normalized spacial score (nSPS) is 10.6. The van der Waals surface area contributed by atoms with Gasteiger partial charge in [0.05, 0.1) is 8.95 Å². The van der Waals surface area contributed by atoms with Crippen LogP contribution in [0.1, 0.15) is 16.7 Å². The lowest BCUT2D eigenvalue weighted by atomic mass is 10.2. The Balaban J connectivity index is 1.66. The number of hydrogen-bond donors (Lipinski definition) is 1. The molecule has 0 heterocycles. The lowest BCUT2D eigenvalue weighted by Gasteiger charge is -2.13. The zero-order valence-electron chi connectivity index (χ0n) is 14.2. The molecule has 0 amide bonds. The van der Waals surface area contributed by atoms with Crippen LogP contribution in [0.2, 0.25) is 0 Å². The van der Waals surface area contributed by atoms with Gasteiger partial charge in [0.1, 0.15) is 18.2 Å². The van der Waals surface area contributed by atoms with E-state index in [1.165, 1.54) is 17.7 Å². The molecule has 0 radical (unpaired) electrons. The summed E-state index contributed by atoms with van der Waals surface area (Å²) in [7, 11) is 0. The summed E-state index contributed by atoms with van der Waals surface area (Å²) in [5.74, 6) is 0.482. The van der Waals surface area contributed by atoms with Crippen molar-refractivity contribution < 1.29 is 9.13 Å². The second kappa shape index (κ2) is 8.69. The van der Waals surface area contributed by atoms with Crippen molar-refractivity contribution in [2.45, 2.75) is 20.1 Å². The molecule has 0 aliphatic carbocycles. The van der Waals surface area contributed by atoms with E-state index in [0.29, 0.717) is 13.2 Å². The van der Waals surface area contributed by atoms with Gasteiger partial charge in [-0.1, -0.05) is 24.3 Å². The van der Waals surface area contributed by atoms with Crippen LogP contribution in [0.15, 0.2) is 69.6 Å². The first kappa shape index (κ1) is 18.9. The van der Waals surface area contributed by atoms with Gasteiger partial charge in [0.15, 0.2) is 0 Å². The van der Waals surface area contributed by atoms with Crippen LogP contribution in [-0.4, -0.2) is 0 Å². The highest BCUT2D eigenvalue weighted by Crippen LogP contribution is 2.35. The van der Waals surface area contributed by atoms with Crippen LogP contribution < -0.4 is 10.1 Å². The largest absolute Gasteiger partial charge is 0.487 e.